The van der Waals surface area contributed by atoms with E-state index in [1.54, 1.807) is 19.2 Å². The second-order valence-electron chi connectivity index (χ2n) is 6.41. The molecule has 1 aromatic heterocycles. The van der Waals surface area contributed by atoms with Crippen molar-refractivity contribution in [1.82, 2.24) is 25.8 Å². The van der Waals surface area contributed by atoms with Crippen LogP contribution in [0.5, 0.6) is 5.75 Å². The summed E-state index contributed by atoms with van der Waals surface area (Å²) in [5.41, 5.74) is -0.338. The van der Waals surface area contributed by atoms with Crippen molar-refractivity contribution >= 4 is 29.9 Å². The third kappa shape index (κ3) is 6.55. The Morgan fingerprint density at radius 3 is 2.41 bits per heavy atom. The van der Waals surface area contributed by atoms with Crippen LogP contribution in [-0.4, -0.2) is 35.3 Å². The predicted octanol–water partition coefficient (Wildman–Crippen LogP) is 4.12. The molecule has 2 aromatic carbocycles. The second kappa shape index (κ2) is 11.1. The number of guanidine groups is 1. The summed E-state index contributed by atoms with van der Waals surface area (Å²) in [6.07, 6.45) is -4.66. The van der Waals surface area contributed by atoms with Gasteiger partial charge in [0.05, 0.1) is 19.2 Å². The van der Waals surface area contributed by atoms with Gasteiger partial charge in [0.15, 0.2) is 11.8 Å². The number of halogens is 5. The molecule has 7 nitrogen and oxygen atoms in total. The summed E-state index contributed by atoms with van der Waals surface area (Å²) in [4.78, 5) is 8.35. The lowest BCUT2D eigenvalue weighted by Gasteiger charge is -2.15. The van der Waals surface area contributed by atoms with Crippen molar-refractivity contribution < 1.29 is 22.3 Å². The van der Waals surface area contributed by atoms with Crippen molar-refractivity contribution in [1.29, 1.82) is 0 Å². The second-order valence-corrected chi connectivity index (χ2v) is 6.41. The molecule has 0 aliphatic carbocycles. The van der Waals surface area contributed by atoms with Gasteiger partial charge in [-0.25, -0.2) is 9.37 Å². The van der Waals surface area contributed by atoms with Gasteiger partial charge in [-0.15, -0.1) is 24.0 Å². The molecule has 3 rings (SSSR count). The summed E-state index contributed by atoms with van der Waals surface area (Å²) in [6, 6.07) is 9.78. The summed E-state index contributed by atoms with van der Waals surface area (Å²) in [5, 5.41) is 12.7. The molecular formula is C20H21F4IN6O. The van der Waals surface area contributed by atoms with E-state index in [0.29, 0.717) is 23.5 Å². The number of H-pyrrole nitrogens is 1. The largest absolute Gasteiger partial charge is 0.497 e. The van der Waals surface area contributed by atoms with Gasteiger partial charge in [-0.1, -0.05) is 6.07 Å². The number of alkyl halides is 3. The van der Waals surface area contributed by atoms with E-state index in [1.165, 1.54) is 7.05 Å². The summed E-state index contributed by atoms with van der Waals surface area (Å²) in [6.45, 7) is 0.0146. The number of rotatable bonds is 6. The van der Waals surface area contributed by atoms with Gasteiger partial charge in [-0.2, -0.15) is 18.3 Å². The topological polar surface area (TPSA) is 87.2 Å². The van der Waals surface area contributed by atoms with Gasteiger partial charge in [0.25, 0.3) is 0 Å². The average molecular weight is 564 g/mol. The summed E-state index contributed by atoms with van der Waals surface area (Å²) >= 11 is 0. The number of aliphatic imine (C=N–C) groups is 1. The molecule has 32 heavy (non-hydrogen) atoms. The van der Waals surface area contributed by atoms with Gasteiger partial charge in [0.2, 0.25) is 0 Å². The molecule has 12 heteroatoms. The Hall–Kier alpha value is -2.90. The molecule has 3 N–H and O–H groups in total. The van der Waals surface area contributed by atoms with E-state index >= 15 is 0 Å². The van der Waals surface area contributed by atoms with Gasteiger partial charge in [-0.05, 0) is 42.0 Å². The molecule has 0 fully saturated rings. The van der Waals surface area contributed by atoms with Gasteiger partial charge in [0, 0.05) is 19.2 Å². The maximum absolute atomic E-state index is 13.2. The maximum Gasteiger partial charge on any atom is 0.416 e. The third-order valence-corrected chi connectivity index (χ3v) is 4.35. The number of ether oxygens (including phenoxy) is 1. The number of hydrogen-bond acceptors (Lipinski definition) is 4. The van der Waals surface area contributed by atoms with Crippen molar-refractivity contribution in [3.8, 4) is 17.1 Å². The number of benzene rings is 2. The van der Waals surface area contributed by atoms with Crippen LogP contribution in [0.1, 0.15) is 17.0 Å². The Balaban J connectivity index is 0.00000363. The van der Waals surface area contributed by atoms with Crippen molar-refractivity contribution in [2.75, 3.05) is 14.2 Å². The van der Waals surface area contributed by atoms with E-state index in [-0.39, 0.29) is 48.6 Å². The fraction of sp³-hybridized carbons (Fsp3) is 0.250. The van der Waals surface area contributed by atoms with Crippen LogP contribution in [0.4, 0.5) is 17.6 Å². The number of hydrogen-bond donors (Lipinski definition) is 3. The highest BCUT2D eigenvalue weighted by atomic mass is 127. The minimum absolute atomic E-state index is 0. The fourth-order valence-corrected chi connectivity index (χ4v) is 2.78. The molecule has 0 aliphatic heterocycles. The van der Waals surface area contributed by atoms with E-state index in [1.807, 2.05) is 12.1 Å². The van der Waals surface area contributed by atoms with Crippen LogP contribution in [0.3, 0.4) is 0 Å². The van der Waals surface area contributed by atoms with Crippen molar-refractivity contribution in [3.63, 3.8) is 0 Å². The summed E-state index contributed by atoms with van der Waals surface area (Å²) < 4.78 is 57.7. The molecule has 0 saturated carbocycles. The Kier molecular flexibility index (Phi) is 8.80. The van der Waals surface area contributed by atoms with Gasteiger partial charge >= 0.3 is 6.18 Å². The lowest BCUT2D eigenvalue weighted by Crippen LogP contribution is -2.37. The van der Waals surface area contributed by atoms with Crippen molar-refractivity contribution in [2.24, 2.45) is 4.99 Å². The van der Waals surface area contributed by atoms with Crippen LogP contribution >= 0.6 is 24.0 Å². The number of aromatic amines is 1. The maximum atomic E-state index is 13.2. The van der Waals surface area contributed by atoms with Gasteiger partial charge in [0.1, 0.15) is 17.4 Å². The highest BCUT2D eigenvalue weighted by molar-refractivity contribution is 14.0. The van der Waals surface area contributed by atoms with E-state index in [2.05, 4.69) is 30.8 Å². The zero-order valence-corrected chi connectivity index (χ0v) is 19.5. The van der Waals surface area contributed by atoms with Gasteiger partial charge < -0.3 is 15.4 Å². The minimum Gasteiger partial charge on any atom is -0.497 e. The Morgan fingerprint density at radius 1 is 1.09 bits per heavy atom. The summed E-state index contributed by atoms with van der Waals surface area (Å²) in [7, 11) is 3.06. The van der Waals surface area contributed by atoms with Crippen molar-refractivity contribution in [2.45, 2.75) is 19.3 Å². The normalized spacial score (nSPS) is 11.6. The van der Waals surface area contributed by atoms with Crippen LogP contribution in [0.15, 0.2) is 47.5 Å². The molecule has 0 radical (unpaired) electrons. The number of aromatic nitrogens is 3. The molecule has 0 aliphatic rings. The van der Waals surface area contributed by atoms with Crippen LogP contribution in [0.25, 0.3) is 11.4 Å². The SMILES string of the molecule is CN=C(NCc1nc(-c2ccc(OC)cc2)n[nH]1)NCc1ccc(F)cc1C(F)(F)F.I. The first-order chi connectivity index (χ1) is 14.8. The predicted molar refractivity (Wildman–Crippen MR) is 122 cm³/mol. The van der Waals surface area contributed by atoms with E-state index in [9.17, 15) is 17.6 Å². The molecule has 0 bridgehead atoms. The van der Waals surface area contributed by atoms with E-state index in [0.717, 1.165) is 17.7 Å². The minimum atomic E-state index is -4.66. The van der Waals surface area contributed by atoms with E-state index < -0.39 is 17.6 Å². The van der Waals surface area contributed by atoms with Crippen LogP contribution in [0, 0.1) is 5.82 Å². The fourth-order valence-electron chi connectivity index (χ4n) is 2.78. The van der Waals surface area contributed by atoms with E-state index in [4.69, 9.17) is 4.74 Å². The highest BCUT2D eigenvalue weighted by Gasteiger charge is 2.33. The average Bonchev–Trinajstić information content (AvgIpc) is 3.23. The van der Waals surface area contributed by atoms with Crippen molar-refractivity contribution in [3.05, 3.63) is 65.2 Å². The molecule has 0 saturated heterocycles. The molecule has 0 spiro atoms. The molecule has 0 atom stereocenters. The zero-order chi connectivity index (χ0) is 22.4. The third-order valence-electron chi connectivity index (χ3n) is 4.35. The Morgan fingerprint density at radius 2 is 1.78 bits per heavy atom. The monoisotopic (exact) mass is 564 g/mol. The Bertz CT molecular complexity index is 1050. The highest BCUT2D eigenvalue weighted by Crippen LogP contribution is 2.32. The van der Waals surface area contributed by atoms with Crippen LogP contribution < -0.4 is 15.4 Å². The molecular weight excluding hydrogens is 543 g/mol. The first kappa shape index (κ1) is 25.4. The molecule has 0 unspecified atom stereocenters. The molecule has 172 valence electrons. The molecule has 3 aromatic rings. The first-order valence-electron chi connectivity index (χ1n) is 9.16. The molecule has 1 heterocycles. The Labute approximate surface area is 198 Å². The quantitative estimate of drug-likeness (QED) is 0.182. The number of methoxy groups -OCH3 is 1. The number of nitrogens with zero attached hydrogens (tertiary/aromatic N) is 3. The summed E-state index contributed by atoms with van der Waals surface area (Å²) in [5.74, 6) is 1.01. The number of nitrogens with one attached hydrogen (secondary N) is 3. The zero-order valence-electron chi connectivity index (χ0n) is 17.1. The standard InChI is InChI=1S/C20H20F4N6O.HI/c1-25-19(26-10-13-3-6-14(21)9-16(13)20(22,23)24)27-11-17-28-18(30-29-17)12-4-7-15(31-2)8-5-12;/h3-9H,10-11H2,1-2H3,(H2,25,26,27)(H,28,29,30);1H. The lowest BCUT2D eigenvalue weighted by atomic mass is 10.1. The first-order valence-corrected chi connectivity index (χ1v) is 9.16. The van der Waals surface area contributed by atoms with Crippen LogP contribution in [-0.2, 0) is 19.3 Å². The van der Waals surface area contributed by atoms with Crippen LogP contribution in [0.2, 0.25) is 0 Å². The smallest absolute Gasteiger partial charge is 0.416 e. The van der Waals surface area contributed by atoms with Gasteiger partial charge in [-0.3, -0.25) is 10.1 Å². The lowest BCUT2D eigenvalue weighted by molar-refractivity contribution is -0.138. The molecule has 0 amide bonds.